The topological polar surface area (TPSA) is 34.1 Å². The van der Waals surface area contributed by atoms with E-state index in [2.05, 4.69) is 10.1 Å². The number of hydrogen-bond acceptors (Lipinski definition) is 4. The van der Waals surface area contributed by atoms with Gasteiger partial charge in [-0.25, -0.2) is 0 Å². The van der Waals surface area contributed by atoms with Crippen LogP contribution < -0.4 is 9.47 Å². The van der Waals surface area contributed by atoms with Gasteiger partial charge in [-0.1, -0.05) is 30.3 Å². The normalized spacial score (nSPS) is 14.8. The number of ether oxygens (including phenoxy) is 2. The van der Waals surface area contributed by atoms with Crippen LogP contribution in [-0.2, 0) is 6.61 Å². The third-order valence-electron chi connectivity index (χ3n) is 4.13. The predicted octanol–water partition coefficient (Wildman–Crippen LogP) is 4.09. The molecule has 1 saturated heterocycles. The van der Waals surface area contributed by atoms with E-state index in [1.807, 2.05) is 54.7 Å². The first-order chi connectivity index (χ1) is 11.8. The van der Waals surface area contributed by atoms with Crippen molar-refractivity contribution in [1.29, 1.82) is 0 Å². The standard InChI is InChI=1S/C20H24N2O2/c1-23-20-14-18(15-21-22-12-6-3-7-13-22)10-11-19(20)24-16-17-8-4-2-5-9-17/h2,4-5,8-11,14-15H,3,6-7,12-13,16H2,1H3. The molecular formula is C20H24N2O2. The number of rotatable bonds is 6. The predicted molar refractivity (Wildman–Crippen MR) is 96.8 cm³/mol. The van der Waals surface area contributed by atoms with Crippen LogP contribution >= 0.6 is 0 Å². The van der Waals surface area contributed by atoms with Crippen molar-refractivity contribution in [3.63, 3.8) is 0 Å². The number of benzene rings is 2. The molecule has 0 spiro atoms. The zero-order valence-corrected chi connectivity index (χ0v) is 14.1. The van der Waals surface area contributed by atoms with Gasteiger partial charge in [0, 0.05) is 13.1 Å². The molecule has 1 aliphatic heterocycles. The highest BCUT2D eigenvalue weighted by atomic mass is 16.5. The Morgan fingerprint density at radius 2 is 1.79 bits per heavy atom. The number of hydrogen-bond donors (Lipinski definition) is 0. The Bertz CT molecular complexity index is 665. The van der Waals surface area contributed by atoms with E-state index >= 15 is 0 Å². The first-order valence-corrected chi connectivity index (χ1v) is 8.49. The number of hydrazone groups is 1. The van der Waals surface area contributed by atoms with Gasteiger partial charge in [-0.05, 0) is 48.6 Å². The summed E-state index contributed by atoms with van der Waals surface area (Å²) in [5.41, 5.74) is 2.15. The van der Waals surface area contributed by atoms with Crippen LogP contribution in [0.1, 0.15) is 30.4 Å². The Hall–Kier alpha value is -2.49. The minimum absolute atomic E-state index is 0.526. The smallest absolute Gasteiger partial charge is 0.161 e. The molecule has 126 valence electrons. The monoisotopic (exact) mass is 324 g/mol. The average Bonchev–Trinajstić information content (AvgIpc) is 2.66. The molecule has 1 aliphatic rings. The van der Waals surface area contributed by atoms with Crippen molar-refractivity contribution in [2.24, 2.45) is 5.10 Å². The summed E-state index contributed by atoms with van der Waals surface area (Å²) in [6.45, 7) is 2.62. The fourth-order valence-corrected chi connectivity index (χ4v) is 2.76. The molecule has 4 nitrogen and oxygen atoms in total. The zero-order valence-electron chi connectivity index (χ0n) is 14.1. The average molecular weight is 324 g/mol. The second kappa shape index (κ2) is 8.39. The van der Waals surface area contributed by atoms with Crippen LogP contribution in [0.3, 0.4) is 0 Å². The van der Waals surface area contributed by atoms with Crippen molar-refractivity contribution in [2.45, 2.75) is 25.9 Å². The molecule has 2 aromatic carbocycles. The lowest BCUT2D eigenvalue weighted by molar-refractivity contribution is 0.240. The van der Waals surface area contributed by atoms with Crippen LogP contribution in [0.5, 0.6) is 11.5 Å². The molecule has 4 heteroatoms. The van der Waals surface area contributed by atoms with Crippen LogP contribution in [0.15, 0.2) is 53.6 Å². The molecule has 24 heavy (non-hydrogen) atoms. The summed E-state index contributed by atoms with van der Waals surface area (Å²) in [6, 6.07) is 16.0. The molecule has 0 radical (unpaired) electrons. The first-order valence-electron chi connectivity index (χ1n) is 8.49. The van der Waals surface area contributed by atoms with Crippen molar-refractivity contribution in [1.82, 2.24) is 5.01 Å². The molecule has 0 amide bonds. The highest BCUT2D eigenvalue weighted by Gasteiger charge is 2.08. The van der Waals surface area contributed by atoms with E-state index in [0.29, 0.717) is 6.61 Å². The van der Waals surface area contributed by atoms with E-state index in [-0.39, 0.29) is 0 Å². The summed E-state index contributed by atoms with van der Waals surface area (Å²) < 4.78 is 11.3. The van der Waals surface area contributed by atoms with Gasteiger partial charge in [0.05, 0.1) is 13.3 Å². The first kappa shape index (κ1) is 16.4. The van der Waals surface area contributed by atoms with Crippen LogP contribution in [0, 0.1) is 0 Å². The SMILES string of the molecule is COc1cc(C=NN2CCCCC2)ccc1OCc1ccccc1. The number of piperidine rings is 1. The molecule has 0 N–H and O–H groups in total. The molecular weight excluding hydrogens is 300 g/mol. The van der Waals surface area contributed by atoms with Crippen molar-refractivity contribution < 1.29 is 9.47 Å². The van der Waals surface area contributed by atoms with E-state index in [1.54, 1.807) is 7.11 Å². The summed E-state index contributed by atoms with van der Waals surface area (Å²) >= 11 is 0. The van der Waals surface area contributed by atoms with Crippen LogP contribution in [0.2, 0.25) is 0 Å². The van der Waals surface area contributed by atoms with E-state index in [4.69, 9.17) is 9.47 Å². The third-order valence-corrected chi connectivity index (χ3v) is 4.13. The maximum atomic E-state index is 5.88. The molecule has 0 aliphatic carbocycles. The molecule has 0 atom stereocenters. The van der Waals surface area contributed by atoms with Gasteiger partial charge >= 0.3 is 0 Å². The van der Waals surface area contributed by atoms with Crippen molar-refractivity contribution in [3.05, 3.63) is 59.7 Å². The van der Waals surface area contributed by atoms with E-state index < -0.39 is 0 Å². The molecule has 1 heterocycles. The lowest BCUT2D eigenvalue weighted by Crippen LogP contribution is -2.24. The van der Waals surface area contributed by atoms with Gasteiger partial charge in [-0.2, -0.15) is 5.10 Å². The van der Waals surface area contributed by atoms with Crippen molar-refractivity contribution in [3.8, 4) is 11.5 Å². The number of methoxy groups -OCH3 is 1. The zero-order chi connectivity index (χ0) is 16.6. The van der Waals surface area contributed by atoms with Gasteiger partial charge in [0.15, 0.2) is 11.5 Å². The van der Waals surface area contributed by atoms with Crippen molar-refractivity contribution in [2.75, 3.05) is 20.2 Å². The Kier molecular flexibility index (Phi) is 5.72. The summed E-state index contributed by atoms with van der Waals surface area (Å²) in [5.74, 6) is 1.48. The second-order valence-corrected chi connectivity index (χ2v) is 5.94. The minimum atomic E-state index is 0.526. The van der Waals surface area contributed by atoms with Gasteiger partial charge in [-0.15, -0.1) is 0 Å². The molecule has 1 fully saturated rings. The molecule has 0 saturated carbocycles. The lowest BCUT2D eigenvalue weighted by atomic mass is 10.2. The fourth-order valence-electron chi connectivity index (χ4n) is 2.76. The second-order valence-electron chi connectivity index (χ2n) is 5.94. The van der Waals surface area contributed by atoms with Crippen LogP contribution in [-0.4, -0.2) is 31.4 Å². The van der Waals surface area contributed by atoms with Gasteiger partial charge < -0.3 is 9.47 Å². The third kappa shape index (κ3) is 4.51. The van der Waals surface area contributed by atoms with E-state index in [9.17, 15) is 0 Å². The lowest BCUT2D eigenvalue weighted by Gasteiger charge is -2.23. The Morgan fingerprint density at radius 1 is 1.00 bits per heavy atom. The van der Waals surface area contributed by atoms with Crippen molar-refractivity contribution >= 4 is 6.21 Å². The highest BCUT2D eigenvalue weighted by molar-refractivity contribution is 5.80. The Balaban J connectivity index is 1.65. The van der Waals surface area contributed by atoms with Gasteiger partial charge in [0.25, 0.3) is 0 Å². The molecule has 3 rings (SSSR count). The van der Waals surface area contributed by atoms with Crippen LogP contribution in [0.4, 0.5) is 0 Å². The molecule has 0 bridgehead atoms. The fraction of sp³-hybridized carbons (Fsp3) is 0.350. The van der Waals surface area contributed by atoms with E-state index in [1.165, 1.54) is 19.3 Å². The molecule has 2 aromatic rings. The quantitative estimate of drug-likeness (QED) is 0.750. The molecule has 0 unspecified atom stereocenters. The largest absolute Gasteiger partial charge is 0.493 e. The summed E-state index contributed by atoms with van der Waals surface area (Å²) in [4.78, 5) is 0. The summed E-state index contributed by atoms with van der Waals surface area (Å²) in [7, 11) is 1.66. The maximum absolute atomic E-state index is 5.88. The minimum Gasteiger partial charge on any atom is -0.493 e. The van der Waals surface area contributed by atoms with Gasteiger partial charge in [0.1, 0.15) is 6.61 Å². The van der Waals surface area contributed by atoms with Gasteiger partial charge in [0.2, 0.25) is 0 Å². The Labute approximate surface area is 143 Å². The summed E-state index contributed by atoms with van der Waals surface area (Å²) in [6.07, 6.45) is 5.67. The van der Waals surface area contributed by atoms with E-state index in [0.717, 1.165) is 35.7 Å². The maximum Gasteiger partial charge on any atom is 0.161 e. The molecule has 0 aromatic heterocycles. The van der Waals surface area contributed by atoms with Gasteiger partial charge in [-0.3, -0.25) is 5.01 Å². The highest BCUT2D eigenvalue weighted by Crippen LogP contribution is 2.28. The van der Waals surface area contributed by atoms with Crippen LogP contribution in [0.25, 0.3) is 0 Å². The summed E-state index contributed by atoms with van der Waals surface area (Å²) in [5, 5.41) is 6.70. The Morgan fingerprint density at radius 3 is 2.54 bits per heavy atom. The number of nitrogens with zero attached hydrogens (tertiary/aromatic N) is 2.